The monoisotopic (exact) mass is 229 g/mol. The van der Waals surface area contributed by atoms with Gasteiger partial charge in [0.15, 0.2) is 0 Å². The van der Waals surface area contributed by atoms with Gasteiger partial charge in [-0.15, -0.1) is 0 Å². The van der Waals surface area contributed by atoms with Crippen LogP contribution in [0.15, 0.2) is 18.3 Å². The van der Waals surface area contributed by atoms with Crippen LogP contribution < -0.4 is 0 Å². The molecule has 1 aromatic carbocycles. The SMILES string of the molecule is O=CCC#Cc1cc([N+](=O)[O-])c2cn[nH]c2c1. The molecule has 1 N–H and O–H groups in total. The van der Waals surface area contributed by atoms with Crippen LogP contribution >= 0.6 is 0 Å². The predicted molar refractivity (Wildman–Crippen MR) is 60.3 cm³/mol. The van der Waals surface area contributed by atoms with Crippen molar-refractivity contribution in [3.05, 3.63) is 34.0 Å². The lowest BCUT2D eigenvalue weighted by Gasteiger charge is -1.95. The molecule has 0 saturated carbocycles. The quantitative estimate of drug-likeness (QED) is 0.365. The lowest BCUT2D eigenvalue weighted by molar-refractivity contribution is -0.383. The van der Waals surface area contributed by atoms with Gasteiger partial charge in [0.2, 0.25) is 0 Å². The number of aromatic nitrogens is 2. The molecule has 0 fully saturated rings. The summed E-state index contributed by atoms with van der Waals surface area (Å²) in [5, 5.41) is 17.7. The van der Waals surface area contributed by atoms with Crippen LogP contribution in [0.25, 0.3) is 10.9 Å². The second kappa shape index (κ2) is 4.45. The maximum Gasteiger partial charge on any atom is 0.281 e. The van der Waals surface area contributed by atoms with E-state index in [1.165, 1.54) is 12.3 Å². The number of hydrogen-bond donors (Lipinski definition) is 1. The minimum absolute atomic E-state index is 0.0494. The number of nitrogens with zero attached hydrogens (tertiary/aromatic N) is 2. The van der Waals surface area contributed by atoms with Crippen LogP contribution in [0.2, 0.25) is 0 Å². The van der Waals surface area contributed by atoms with Gasteiger partial charge in [-0.2, -0.15) is 5.10 Å². The minimum atomic E-state index is -0.483. The van der Waals surface area contributed by atoms with Gasteiger partial charge in [0.05, 0.1) is 28.4 Å². The summed E-state index contributed by atoms with van der Waals surface area (Å²) in [7, 11) is 0. The van der Waals surface area contributed by atoms with E-state index in [0.717, 1.165) is 0 Å². The Labute approximate surface area is 95.8 Å². The number of nitrogens with one attached hydrogen (secondary N) is 1. The second-order valence-corrected chi connectivity index (χ2v) is 3.26. The van der Waals surface area contributed by atoms with Gasteiger partial charge in [0.1, 0.15) is 6.29 Å². The number of hydrogen-bond acceptors (Lipinski definition) is 4. The van der Waals surface area contributed by atoms with Gasteiger partial charge in [-0.3, -0.25) is 15.2 Å². The number of aldehydes is 1. The normalized spacial score (nSPS) is 9.65. The summed E-state index contributed by atoms with van der Waals surface area (Å²) in [6.07, 6.45) is 2.18. The van der Waals surface area contributed by atoms with Gasteiger partial charge in [0.25, 0.3) is 5.69 Å². The number of fused-ring (bicyclic) bond motifs is 1. The highest BCUT2D eigenvalue weighted by Crippen LogP contribution is 2.25. The Balaban J connectivity index is 2.56. The van der Waals surface area contributed by atoms with Crippen LogP contribution in [0.4, 0.5) is 5.69 Å². The molecule has 2 rings (SSSR count). The topological polar surface area (TPSA) is 88.9 Å². The van der Waals surface area contributed by atoms with Gasteiger partial charge < -0.3 is 4.79 Å². The van der Waals surface area contributed by atoms with E-state index in [1.54, 1.807) is 6.07 Å². The third kappa shape index (κ3) is 2.13. The summed E-state index contributed by atoms with van der Waals surface area (Å²) in [4.78, 5) is 20.5. The Morgan fingerprint density at radius 2 is 2.35 bits per heavy atom. The zero-order valence-electron chi connectivity index (χ0n) is 8.64. The van der Waals surface area contributed by atoms with Gasteiger partial charge in [-0.05, 0) is 6.07 Å². The van der Waals surface area contributed by atoms with Crippen LogP contribution in [0.5, 0.6) is 0 Å². The fraction of sp³-hybridized carbons (Fsp3) is 0.0909. The Hall–Kier alpha value is -2.68. The summed E-state index contributed by atoms with van der Waals surface area (Å²) in [5.74, 6) is 5.29. The van der Waals surface area contributed by atoms with Crippen LogP contribution in [0.3, 0.4) is 0 Å². The van der Waals surface area contributed by atoms with Crippen LogP contribution in [-0.4, -0.2) is 21.4 Å². The average Bonchev–Trinajstić information content (AvgIpc) is 2.76. The molecule has 84 valence electrons. The van der Waals surface area contributed by atoms with Crippen LogP contribution in [0.1, 0.15) is 12.0 Å². The molecule has 1 aromatic heterocycles. The van der Waals surface area contributed by atoms with E-state index < -0.39 is 4.92 Å². The Bertz CT molecular complexity index is 649. The molecule has 1 heterocycles. The van der Waals surface area contributed by atoms with Crippen LogP contribution in [-0.2, 0) is 4.79 Å². The van der Waals surface area contributed by atoms with E-state index in [-0.39, 0.29) is 12.1 Å². The third-order valence-electron chi connectivity index (χ3n) is 2.15. The standard InChI is InChI=1S/C11H7N3O3/c15-4-2-1-3-8-5-10-9(7-12-13-10)11(6-8)14(16)17/h4-7H,2H2,(H,12,13). The molecule has 0 amide bonds. The zero-order chi connectivity index (χ0) is 12.3. The van der Waals surface area contributed by atoms with Crippen molar-refractivity contribution in [2.24, 2.45) is 0 Å². The number of carbonyl (C=O) groups is 1. The summed E-state index contributed by atoms with van der Waals surface area (Å²) in [6.45, 7) is 0. The number of H-pyrrole nitrogens is 1. The molecule has 0 bridgehead atoms. The minimum Gasteiger partial charge on any atom is -0.302 e. The predicted octanol–water partition coefficient (Wildman–Crippen LogP) is 1.41. The number of carbonyl (C=O) groups excluding carboxylic acids is 1. The number of nitro benzene ring substituents is 1. The first-order chi connectivity index (χ1) is 8.22. The fourth-order valence-electron chi connectivity index (χ4n) is 1.45. The Morgan fingerprint density at radius 3 is 3.06 bits per heavy atom. The largest absolute Gasteiger partial charge is 0.302 e. The molecule has 0 aliphatic rings. The van der Waals surface area contributed by atoms with Gasteiger partial charge in [0, 0.05) is 11.6 Å². The second-order valence-electron chi connectivity index (χ2n) is 3.26. The fourth-order valence-corrected chi connectivity index (χ4v) is 1.45. The summed E-state index contributed by atoms with van der Waals surface area (Å²) in [6, 6.07) is 3.03. The van der Waals surface area contributed by atoms with Crippen molar-refractivity contribution >= 4 is 22.9 Å². The van der Waals surface area contributed by atoms with Crippen LogP contribution in [0, 0.1) is 22.0 Å². The lowest BCUT2D eigenvalue weighted by atomic mass is 10.1. The van der Waals surface area contributed by atoms with Crippen molar-refractivity contribution < 1.29 is 9.72 Å². The molecule has 17 heavy (non-hydrogen) atoms. The highest BCUT2D eigenvalue weighted by molar-refractivity contribution is 5.88. The molecule has 2 aromatic rings. The maximum atomic E-state index is 10.9. The molecule has 0 aliphatic heterocycles. The van der Waals surface area contributed by atoms with Gasteiger partial charge in [-0.1, -0.05) is 11.8 Å². The van der Waals surface area contributed by atoms with E-state index >= 15 is 0 Å². The van der Waals surface area contributed by atoms with Gasteiger partial charge >= 0.3 is 0 Å². The molecule has 6 nitrogen and oxygen atoms in total. The van der Waals surface area contributed by atoms with Crippen molar-refractivity contribution in [2.75, 3.05) is 0 Å². The van der Waals surface area contributed by atoms with E-state index in [1.807, 2.05) is 0 Å². The lowest BCUT2D eigenvalue weighted by Crippen LogP contribution is -1.90. The van der Waals surface area contributed by atoms with Crippen molar-refractivity contribution in [3.63, 3.8) is 0 Å². The van der Waals surface area contributed by atoms with E-state index in [9.17, 15) is 14.9 Å². The molecule has 0 saturated heterocycles. The molecule has 0 atom stereocenters. The summed E-state index contributed by atoms with van der Waals surface area (Å²) in [5.41, 5.74) is 0.983. The summed E-state index contributed by atoms with van der Waals surface area (Å²) >= 11 is 0. The third-order valence-corrected chi connectivity index (χ3v) is 2.15. The number of non-ortho nitro benzene ring substituents is 1. The van der Waals surface area contributed by atoms with Crippen molar-refractivity contribution in [1.29, 1.82) is 0 Å². The Morgan fingerprint density at radius 1 is 1.53 bits per heavy atom. The Kier molecular flexibility index (Phi) is 2.83. The average molecular weight is 229 g/mol. The summed E-state index contributed by atoms with van der Waals surface area (Å²) < 4.78 is 0. The maximum absolute atomic E-state index is 10.9. The van der Waals surface area contributed by atoms with Crippen molar-refractivity contribution in [1.82, 2.24) is 10.2 Å². The van der Waals surface area contributed by atoms with E-state index in [4.69, 9.17) is 0 Å². The number of aromatic amines is 1. The molecule has 0 unspecified atom stereocenters. The number of nitro groups is 1. The molecule has 0 aliphatic carbocycles. The molecule has 0 spiro atoms. The molecule has 6 heteroatoms. The number of benzene rings is 1. The first kappa shape index (κ1) is 10.8. The van der Waals surface area contributed by atoms with Crippen molar-refractivity contribution in [2.45, 2.75) is 6.42 Å². The highest BCUT2D eigenvalue weighted by Gasteiger charge is 2.14. The first-order valence-electron chi connectivity index (χ1n) is 4.76. The van der Waals surface area contributed by atoms with Gasteiger partial charge in [-0.25, -0.2) is 0 Å². The molecule has 0 radical (unpaired) electrons. The smallest absolute Gasteiger partial charge is 0.281 e. The van der Waals surface area contributed by atoms with E-state index in [2.05, 4.69) is 22.0 Å². The zero-order valence-corrected chi connectivity index (χ0v) is 8.64. The van der Waals surface area contributed by atoms with E-state index in [0.29, 0.717) is 22.8 Å². The van der Waals surface area contributed by atoms with Crippen molar-refractivity contribution in [3.8, 4) is 11.8 Å². The molecular weight excluding hydrogens is 222 g/mol. The number of rotatable bonds is 2. The molecular formula is C11H7N3O3. The first-order valence-corrected chi connectivity index (χ1v) is 4.76. The highest BCUT2D eigenvalue weighted by atomic mass is 16.6.